The molecule has 1 amide bonds. The number of hydrogen-bond acceptors (Lipinski definition) is 4. The van der Waals surface area contributed by atoms with Gasteiger partial charge in [-0.1, -0.05) is 0 Å². The Morgan fingerprint density at radius 3 is 3.17 bits per heavy atom. The van der Waals surface area contributed by atoms with Gasteiger partial charge in [0.05, 0.1) is 0 Å². The average Bonchev–Trinajstić information content (AvgIpc) is 2.56. The molecule has 1 aromatic rings. The average molecular weight is 186 g/mol. The van der Waals surface area contributed by atoms with Crippen LogP contribution < -0.4 is 5.32 Å². The van der Waals surface area contributed by atoms with Crippen molar-refractivity contribution in [3.05, 3.63) is 16.6 Å². The molecule has 2 N–H and O–H groups in total. The highest BCUT2D eigenvalue weighted by atomic mass is 32.1. The molecule has 0 aliphatic carbocycles. The van der Waals surface area contributed by atoms with E-state index in [1.54, 1.807) is 11.6 Å². The number of hydrogen-bond donors (Lipinski definition) is 2. The molecule has 1 heterocycles. The predicted octanol–water partition coefficient (Wildman–Crippen LogP) is 0.255. The molecule has 0 aromatic carbocycles. The molecule has 0 atom stereocenters. The Hall–Kier alpha value is -0.940. The fourth-order valence-electron chi connectivity index (χ4n) is 0.692. The van der Waals surface area contributed by atoms with Gasteiger partial charge in [0.25, 0.3) is 5.91 Å². The quantitative estimate of drug-likeness (QED) is 0.663. The molecule has 4 nitrogen and oxygen atoms in total. The van der Waals surface area contributed by atoms with Gasteiger partial charge >= 0.3 is 0 Å². The standard InChI is InChI=1S/C7H10N2O2S/c10-4-1-2-8-6(11)7-9-3-5-12-7/h3,5,10H,1-2,4H2,(H,8,11). The summed E-state index contributed by atoms with van der Waals surface area (Å²) < 4.78 is 0. The van der Waals surface area contributed by atoms with Crippen LogP contribution in [-0.2, 0) is 0 Å². The molecule has 66 valence electrons. The number of aliphatic hydroxyl groups is 1. The van der Waals surface area contributed by atoms with Crippen LogP contribution in [-0.4, -0.2) is 29.1 Å². The number of aromatic nitrogens is 1. The van der Waals surface area contributed by atoms with Crippen molar-refractivity contribution in [2.75, 3.05) is 13.2 Å². The summed E-state index contributed by atoms with van der Waals surface area (Å²) in [7, 11) is 0. The predicted molar refractivity (Wildman–Crippen MR) is 46.2 cm³/mol. The topological polar surface area (TPSA) is 62.2 Å². The number of amides is 1. The van der Waals surface area contributed by atoms with Gasteiger partial charge in [-0.2, -0.15) is 0 Å². The summed E-state index contributed by atoms with van der Waals surface area (Å²) in [5, 5.41) is 13.3. The van der Waals surface area contributed by atoms with Crippen molar-refractivity contribution in [2.45, 2.75) is 6.42 Å². The first-order valence-electron chi connectivity index (χ1n) is 3.63. The van der Waals surface area contributed by atoms with Crippen molar-refractivity contribution < 1.29 is 9.90 Å². The summed E-state index contributed by atoms with van der Waals surface area (Å²) in [5.41, 5.74) is 0. The molecule has 0 spiro atoms. The van der Waals surface area contributed by atoms with Crippen molar-refractivity contribution >= 4 is 17.2 Å². The summed E-state index contributed by atoms with van der Waals surface area (Å²) in [6.45, 7) is 0.590. The molecule has 12 heavy (non-hydrogen) atoms. The van der Waals surface area contributed by atoms with Crippen LogP contribution in [0.2, 0.25) is 0 Å². The SMILES string of the molecule is O=C(NCCCO)c1nccs1. The maximum Gasteiger partial charge on any atom is 0.280 e. The molecule has 1 aromatic heterocycles. The summed E-state index contributed by atoms with van der Waals surface area (Å²) in [6, 6.07) is 0. The highest BCUT2D eigenvalue weighted by molar-refractivity contribution is 7.11. The van der Waals surface area contributed by atoms with Crippen LogP contribution in [0.1, 0.15) is 16.2 Å². The van der Waals surface area contributed by atoms with Gasteiger partial charge in [-0.3, -0.25) is 4.79 Å². The van der Waals surface area contributed by atoms with Gasteiger partial charge in [0, 0.05) is 24.7 Å². The number of nitrogens with one attached hydrogen (secondary N) is 1. The fourth-order valence-corrected chi connectivity index (χ4v) is 1.24. The zero-order valence-electron chi connectivity index (χ0n) is 6.49. The number of aliphatic hydroxyl groups excluding tert-OH is 1. The summed E-state index contributed by atoms with van der Waals surface area (Å²) in [5.74, 6) is -0.168. The third-order valence-electron chi connectivity index (χ3n) is 1.25. The molecule has 1 rings (SSSR count). The second-order valence-corrected chi connectivity index (χ2v) is 3.06. The van der Waals surface area contributed by atoms with E-state index in [4.69, 9.17) is 5.11 Å². The maximum absolute atomic E-state index is 11.1. The van der Waals surface area contributed by atoms with Crippen molar-refractivity contribution in [3.63, 3.8) is 0 Å². The molecule has 5 heteroatoms. The van der Waals surface area contributed by atoms with Gasteiger partial charge in [-0.05, 0) is 6.42 Å². The lowest BCUT2D eigenvalue weighted by Gasteiger charge is -1.99. The van der Waals surface area contributed by atoms with E-state index in [9.17, 15) is 4.79 Å². The van der Waals surface area contributed by atoms with Gasteiger partial charge in [-0.25, -0.2) is 4.98 Å². The van der Waals surface area contributed by atoms with Crippen LogP contribution in [0.15, 0.2) is 11.6 Å². The van der Waals surface area contributed by atoms with Gasteiger partial charge in [0.1, 0.15) is 0 Å². The summed E-state index contributed by atoms with van der Waals surface area (Å²) in [6.07, 6.45) is 2.17. The molecule has 0 fully saturated rings. The van der Waals surface area contributed by atoms with Gasteiger partial charge in [0.15, 0.2) is 5.01 Å². The Morgan fingerprint density at radius 2 is 2.58 bits per heavy atom. The largest absolute Gasteiger partial charge is 0.396 e. The highest BCUT2D eigenvalue weighted by Gasteiger charge is 2.05. The van der Waals surface area contributed by atoms with E-state index in [-0.39, 0.29) is 12.5 Å². The Kier molecular flexibility index (Phi) is 3.69. The van der Waals surface area contributed by atoms with E-state index in [1.807, 2.05) is 0 Å². The Morgan fingerprint density at radius 1 is 1.75 bits per heavy atom. The van der Waals surface area contributed by atoms with Gasteiger partial charge in [0.2, 0.25) is 0 Å². The maximum atomic E-state index is 11.1. The van der Waals surface area contributed by atoms with E-state index in [1.165, 1.54) is 11.3 Å². The monoisotopic (exact) mass is 186 g/mol. The Bertz CT molecular complexity index is 236. The molecular weight excluding hydrogens is 176 g/mol. The van der Waals surface area contributed by atoms with Crippen molar-refractivity contribution in [1.29, 1.82) is 0 Å². The minimum absolute atomic E-state index is 0.0954. The highest BCUT2D eigenvalue weighted by Crippen LogP contribution is 2.02. The van der Waals surface area contributed by atoms with E-state index in [2.05, 4.69) is 10.3 Å². The molecule has 0 unspecified atom stereocenters. The third-order valence-corrected chi connectivity index (χ3v) is 2.02. The molecule has 0 bridgehead atoms. The summed E-state index contributed by atoms with van der Waals surface area (Å²) >= 11 is 1.30. The van der Waals surface area contributed by atoms with E-state index < -0.39 is 0 Å². The van der Waals surface area contributed by atoms with Crippen molar-refractivity contribution in [2.24, 2.45) is 0 Å². The Balaban J connectivity index is 2.30. The molecule has 0 radical (unpaired) electrons. The molecule has 0 aliphatic rings. The van der Waals surface area contributed by atoms with Crippen molar-refractivity contribution in [1.82, 2.24) is 10.3 Å². The van der Waals surface area contributed by atoms with Crippen molar-refractivity contribution in [3.8, 4) is 0 Å². The zero-order chi connectivity index (χ0) is 8.81. The van der Waals surface area contributed by atoms with E-state index in [0.717, 1.165) is 0 Å². The van der Waals surface area contributed by atoms with Crippen LogP contribution in [0.3, 0.4) is 0 Å². The van der Waals surface area contributed by atoms with Gasteiger partial charge < -0.3 is 10.4 Å². The fraction of sp³-hybridized carbons (Fsp3) is 0.429. The minimum Gasteiger partial charge on any atom is -0.396 e. The normalized spacial score (nSPS) is 9.75. The van der Waals surface area contributed by atoms with E-state index in [0.29, 0.717) is 18.0 Å². The van der Waals surface area contributed by atoms with Crippen LogP contribution >= 0.6 is 11.3 Å². The smallest absolute Gasteiger partial charge is 0.280 e. The zero-order valence-corrected chi connectivity index (χ0v) is 7.30. The van der Waals surface area contributed by atoms with Crippen LogP contribution in [0.25, 0.3) is 0 Å². The molecular formula is C7H10N2O2S. The number of nitrogens with zero attached hydrogens (tertiary/aromatic N) is 1. The molecule has 0 saturated carbocycles. The molecule has 0 saturated heterocycles. The summed E-state index contributed by atoms with van der Waals surface area (Å²) in [4.78, 5) is 15.0. The van der Waals surface area contributed by atoms with Crippen LogP contribution in [0.4, 0.5) is 0 Å². The van der Waals surface area contributed by atoms with Gasteiger partial charge in [-0.15, -0.1) is 11.3 Å². The first-order valence-corrected chi connectivity index (χ1v) is 4.51. The van der Waals surface area contributed by atoms with Crippen LogP contribution in [0.5, 0.6) is 0 Å². The Labute approximate surface area is 74.3 Å². The lowest BCUT2D eigenvalue weighted by atomic mass is 10.4. The lowest BCUT2D eigenvalue weighted by Crippen LogP contribution is -2.24. The number of carbonyl (C=O) groups excluding carboxylic acids is 1. The second-order valence-electron chi connectivity index (χ2n) is 2.17. The van der Waals surface area contributed by atoms with E-state index >= 15 is 0 Å². The molecule has 0 aliphatic heterocycles. The third kappa shape index (κ3) is 2.60. The lowest BCUT2D eigenvalue weighted by molar-refractivity contribution is 0.0951. The second kappa shape index (κ2) is 4.84. The number of rotatable bonds is 4. The minimum atomic E-state index is -0.168. The first-order chi connectivity index (χ1) is 5.84. The first kappa shape index (κ1) is 9.15. The number of thiazole rings is 1. The number of carbonyl (C=O) groups is 1. The van der Waals surface area contributed by atoms with Crippen LogP contribution in [0, 0.1) is 0 Å².